The molecule has 0 saturated carbocycles. The lowest BCUT2D eigenvalue weighted by molar-refractivity contribution is -0.131. The van der Waals surface area contributed by atoms with Crippen molar-refractivity contribution in [1.82, 2.24) is 10.2 Å². The van der Waals surface area contributed by atoms with E-state index in [1.54, 1.807) is 25.7 Å². The summed E-state index contributed by atoms with van der Waals surface area (Å²) in [6, 6.07) is 7.33. The van der Waals surface area contributed by atoms with E-state index in [1.807, 2.05) is 28.5 Å². The molecule has 3 rings (SSSR count). The number of thiophene rings is 1. The Labute approximate surface area is 156 Å². The molecule has 1 aliphatic rings. The zero-order valence-corrected chi connectivity index (χ0v) is 15.7. The van der Waals surface area contributed by atoms with Crippen LogP contribution >= 0.6 is 11.3 Å². The molecular weight excluding hydrogens is 352 g/mol. The molecule has 6 nitrogen and oxygen atoms in total. The second-order valence-electron chi connectivity index (χ2n) is 6.05. The van der Waals surface area contributed by atoms with E-state index >= 15 is 0 Å². The molecule has 1 unspecified atom stereocenters. The van der Waals surface area contributed by atoms with Crippen molar-refractivity contribution in [2.45, 2.75) is 18.9 Å². The number of rotatable bonds is 6. The van der Waals surface area contributed by atoms with Crippen molar-refractivity contribution < 1.29 is 19.1 Å². The van der Waals surface area contributed by atoms with E-state index in [2.05, 4.69) is 5.32 Å². The molecule has 1 aromatic carbocycles. The molecule has 0 aliphatic carbocycles. The fourth-order valence-corrected chi connectivity index (χ4v) is 3.87. The number of hydrogen-bond donors (Lipinski definition) is 1. The molecule has 0 radical (unpaired) electrons. The van der Waals surface area contributed by atoms with E-state index in [1.165, 1.54) is 11.3 Å². The number of amides is 2. The second kappa shape index (κ2) is 8.23. The predicted octanol–water partition coefficient (Wildman–Crippen LogP) is 2.86. The monoisotopic (exact) mass is 374 g/mol. The molecule has 1 aliphatic heterocycles. The van der Waals surface area contributed by atoms with Gasteiger partial charge < -0.3 is 19.7 Å². The molecule has 2 aromatic rings. The Bertz CT molecular complexity index is 776. The molecule has 7 heteroatoms. The molecule has 2 amide bonds. The molecule has 0 bridgehead atoms. The van der Waals surface area contributed by atoms with Crippen LogP contribution in [0, 0.1) is 0 Å². The largest absolute Gasteiger partial charge is 0.497 e. The fourth-order valence-electron chi connectivity index (χ4n) is 3.24. The topological polar surface area (TPSA) is 67.9 Å². The van der Waals surface area contributed by atoms with Crippen LogP contribution in [-0.4, -0.2) is 44.0 Å². The van der Waals surface area contributed by atoms with Crippen LogP contribution in [0.25, 0.3) is 0 Å². The molecular formula is C19H22N2O4S. The highest BCUT2D eigenvalue weighted by Gasteiger charge is 2.32. The number of carbonyl (C=O) groups is 2. The van der Waals surface area contributed by atoms with Crippen LogP contribution in [0.2, 0.25) is 0 Å². The van der Waals surface area contributed by atoms with Gasteiger partial charge in [0, 0.05) is 29.1 Å². The molecule has 0 spiro atoms. The van der Waals surface area contributed by atoms with E-state index in [-0.39, 0.29) is 24.4 Å². The third-order valence-corrected chi connectivity index (χ3v) is 5.24. The molecule has 138 valence electrons. The van der Waals surface area contributed by atoms with Crippen LogP contribution in [0.3, 0.4) is 0 Å². The lowest BCUT2D eigenvalue weighted by Gasteiger charge is -2.26. The van der Waals surface area contributed by atoms with Gasteiger partial charge in [0.1, 0.15) is 11.5 Å². The smallest absolute Gasteiger partial charge is 0.252 e. The zero-order chi connectivity index (χ0) is 18.5. The van der Waals surface area contributed by atoms with Crippen LogP contribution in [0.5, 0.6) is 11.5 Å². The standard InChI is InChI=1S/C19H22N2O4S/c1-24-14-5-6-15(17(10-14)25-2)16-4-3-8-21(16)18(22)11-20-19(23)13-7-9-26-12-13/h5-7,9-10,12,16H,3-4,8,11H2,1-2H3,(H,20,23). The van der Waals surface area contributed by atoms with Gasteiger partial charge in [-0.25, -0.2) is 0 Å². The van der Waals surface area contributed by atoms with E-state index in [4.69, 9.17) is 9.47 Å². The van der Waals surface area contributed by atoms with Gasteiger partial charge in [0.05, 0.1) is 26.8 Å². The molecule has 1 saturated heterocycles. The molecule has 1 aromatic heterocycles. The van der Waals surface area contributed by atoms with Gasteiger partial charge in [-0.1, -0.05) is 0 Å². The lowest BCUT2D eigenvalue weighted by atomic mass is 10.0. The summed E-state index contributed by atoms with van der Waals surface area (Å²) in [5, 5.41) is 6.31. The van der Waals surface area contributed by atoms with Crippen LogP contribution in [-0.2, 0) is 4.79 Å². The van der Waals surface area contributed by atoms with Crippen LogP contribution in [0.1, 0.15) is 34.8 Å². The Balaban J connectivity index is 1.69. The first-order valence-electron chi connectivity index (χ1n) is 8.46. The summed E-state index contributed by atoms with van der Waals surface area (Å²) in [5.41, 5.74) is 1.54. The van der Waals surface area contributed by atoms with Crippen molar-refractivity contribution in [3.05, 3.63) is 46.2 Å². The van der Waals surface area contributed by atoms with E-state index < -0.39 is 0 Å². The number of methoxy groups -OCH3 is 2. The quantitative estimate of drug-likeness (QED) is 0.844. The first-order valence-corrected chi connectivity index (χ1v) is 9.40. The fraction of sp³-hybridized carbons (Fsp3) is 0.368. The molecule has 1 atom stereocenters. The van der Waals surface area contributed by atoms with E-state index in [0.717, 1.165) is 18.4 Å². The van der Waals surface area contributed by atoms with Gasteiger partial charge in [0.2, 0.25) is 5.91 Å². The predicted molar refractivity (Wildman–Crippen MR) is 99.9 cm³/mol. The summed E-state index contributed by atoms with van der Waals surface area (Å²) in [6.07, 6.45) is 1.79. The minimum atomic E-state index is -0.225. The van der Waals surface area contributed by atoms with Crippen molar-refractivity contribution >= 4 is 23.2 Å². The van der Waals surface area contributed by atoms with Gasteiger partial charge in [0.15, 0.2) is 0 Å². The van der Waals surface area contributed by atoms with Crippen LogP contribution in [0.15, 0.2) is 35.0 Å². The molecule has 2 heterocycles. The van der Waals surface area contributed by atoms with Gasteiger partial charge in [-0.2, -0.15) is 11.3 Å². The number of nitrogens with zero attached hydrogens (tertiary/aromatic N) is 1. The van der Waals surface area contributed by atoms with Crippen molar-refractivity contribution in [3.8, 4) is 11.5 Å². The summed E-state index contributed by atoms with van der Waals surface area (Å²) >= 11 is 1.45. The zero-order valence-electron chi connectivity index (χ0n) is 14.9. The third kappa shape index (κ3) is 3.83. The molecule has 26 heavy (non-hydrogen) atoms. The average molecular weight is 374 g/mol. The Kier molecular flexibility index (Phi) is 5.78. The minimum Gasteiger partial charge on any atom is -0.497 e. The van der Waals surface area contributed by atoms with Crippen LogP contribution < -0.4 is 14.8 Å². The number of carbonyl (C=O) groups excluding carboxylic acids is 2. The minimum absolute atomic E-state index is 0.0103. The maximum Gasteiger partial charge on any atom is 0.252 e. The van der Waals surface area contributed by atoms with Crippen molar-refractivity contribution in [3.63, 3.8) is 0 Å². The summed E-state index contributed by atoms with van der Waals surface area (Å²) in [4.78, 5) is 26.5. The van der Waals surface area contributed by atoms with Gasteiger partial charge in [-0.3, -0.25) is 9.59 Å². The first kappa shape index (κ1) is 18.3. The summed E-state index contributed by atoms with van der Waals surface area (Å²) in [7, 11) is 3.22. The van der Waals surface area contributed by atoms with E-state index in [9.17, 15) is 9.59 Å². The highest BCUT2D eigenvalue weighted by atomic mass is 32.1. The maximum absolute atomic E-state index is 12.7. The van der Waals surface area contributed by atoms with Crippen molar-refractivity contribution in [2.24, 2.45) is 0 Å². The second-order valence-corrected chi connectivity index (χ2v) is 6.83. The number of likely N-dealkylation sites (tertiary alicyclic amines) is 1. The number of nitrogens with one attached hydrogen (secondary N) is 1. The van der Waals surface area contributed by atoms with Gasteiger partial charge >= 0.3 is 0 Å². The van der Waals surface area contributed by atoms with Gasteiger partial charge in [0.25, 0.3) is 5.91 Å². The number of hydrogen-bond acceptors (Lipinski definition) is 5. The van der Waals surface area contributed by atoms with E-state index in [0.29, 0.717) is 23.6 Å². The number of ether oxygens (including phenoxy) is 2. The Morgan fingerprint density at radius 1 is 1.27 bits per heavy atom. The SMILES string of the molecule is COc1ccc(C2CCCN2C(=O)CNC(=O)c2ccsc2)c(OC)c1. The summed E-state index contributed by atoms with van der Waals surface area (Å²) < 4.78 is 10.7. The van der Waals surface area contributed by atoms with Crippen molar-refractivity contribution in [2.75, 3.05) is 27.3 Å². The average Bonchev–Trinajstić information content (AvgIpc) is 3.37. The Morgan fingerprint density at radius 3 is 2.81 bits per heavy atom. The Morgan fingerprint density at radius 2 is 2.12 bits per heavy atom. The number of benzene rings is 1. The normalized spacial score (nSPS) is 16.4. The Hall–Kier alpha value is -2.54. The van der Waals surface area contributed by atoms with Gasteiger partial charge in [-0.05, 0) is 36.4 Å². The van der Waals surface area contributed by atoms with Crippen molar-refractivity contribution in [1.29, 1.82) is 0 Å². The first-order chi connectivity index (χ1) is 12.6. The molecule has 1 N–H and O–H groups in total. The maximum atomic E-state index is 12.7. The van der Waals surface area contributed by atoms with Crippen LogP contribution in [0.4, 0.5) is 0 Å². The van der Waals surface area contributed by atoms with Gasteiger partial charge in [-0.15, -0.1) is 0 Å². The summed E-state index contributed by atoms with van der Waals surface area (Å²) in [5.74, 6) is 1.10. The molecule has 1 fully saturated rings. The third-order valence-electron chi connectivity index (χ3n) is 4.56. The lowest BCUT2D eigenvalue weighted by Crippen LogP contribution is -2.39. The highest BCUT2D eigenvalue weighted by Crippen LogP contribution is 2.38. The summed E-state index contributed by atoms with van der Waals surface area (Å²) in [6.45, 7) is 0.663. The highest BCUT2D eigenvalue weighted by molar-refractivity contribution is 7.08.